The van der Waals surface area contributed by atoms with Crippen molar-refractivity contribution in [1.82, 2.24) is 9.62 Å². The van der Waals surface area contributed by atoms with Crippen molar-refractivity contribution in [3.63, 3.8) is 0 Å². The van der Waals surface area contributed by atoms with Crippen LogP contribution in [0.2, 0.25) is 5.02 Å². The van der Waals surface area contributed by atoms with Crippen LogP contribution >= 0.6 is 11.6 Å². The molecule has 0 spiro atoms. The minimum atomic E-state index is -4.15. The fourth-order valence-electron chi connectivity index (χ4n) is 2.79. The number of nitrogens with zero attached hydrogens (tertiary/aromatic N) is 1. The third-order valence-electron chi connectivity index (χ3n) is 4.15. The third kappa shape index (κ3) is 3.89. The van der Waals surface area contributed by atoms with Crippen LogP contribution in [-0.4, -0.2) is 37.6 Å². The Morgan fingerprint density at radius 2 is 1.69 bits per heavy atom. The summed E-state index contributed by atoms with van der Waals surface area (Å²) in [5.74, 6) is -1.76. The summed E-state index contributed by atoms with van der Waals surface area (Å²) in [7, 11) is -4.15. The molecule has 0 aliphatic carbocycles. The molecule has 0 bridgehead atoms. The summed E-state index contributed by atoms with van der Waals surface area (Å²) in [5, 5.41) is 3.00. The molecule has 0 radical (unpaired) electrons. The van der Waals surface area contributed by atoms with Gasteiger partial charge in [0.05, 0.1) is 10.8 Å². The van der Waals surface area contributed by atoms with Gasteiger partial charge in [-0.25, -0.2) is 12.7 Å². The zero-order chi connectivity index (χ0) is 18.7. The largest absolute Gasteiger partial charge is 0.354 e. The number of carbonyl (C=O) groups is 2. The molecule has 6 nitrogen and oxygen atoms in total. The van der Waals surface area contributed by atoms with Crippen molar-refractivity contribution >= 4 is 33.4 Å². The molecule has 1 heterocycles. The van der Waals surface area contributed by atoms with Crippen LogP contribution < -0.4 is 5.32 Å². The lowest BCUT2D eigenvalue weighted by atomic mass is 9.99. The molecule has 0 aromatic heterocycles. The Morgan fingerprint density at radius 3 is 2.35 bits per heavy atom. The lowest BCUT2D eigenvalue weighted by Crippen LogP contribution is -2.42. The van der Waals surface area contributed by atoms with Gasteiger partial charge in [-0.2, -0.15) is 0 Å². The fraction of sp³-hybridized carbons (Fsp3) is 0.222. The average Bonchev–Trinajstić information content (AvgIpc) is 2.77. The van der Waals surface area contributed by atoms with Crippen LogP contribution in [0.15, 0.2) is 59.5 Å². The molecule has 1 atom stereocenters. The van der Waals surface area contributed by atoms with Crippen molar-refractivity contribution in [3.8, 4) is 0 Å². The van der Waals surface area contributed by atoms with E-state index in [-0.39, 0.29) is 11.4 Å². The molecule has 2 aromatic carbocycles. The predicted octanol–water partition coefficient (Wildman–Crippen LogP) is 1.85. The predicted molar refractivity (Wildman–Crippen MR) is 97.0 cm³/mol. The van der Waals surface area contributed by atoms with E-state index in [1.807, 2.05) is 30.3 Å². The fourth-order valence-corrected chi connectivity index (χ4v) is 4.32. The van der Waals surface area contributed by atoms with E-state index in [9.17, 15) is 18.0 Å². The molecule has 0 saturated carbocycles. The van der Waals surface area contributed by atoms with E-state index in [2.05, 4.69) is 5.32 Å². The van der Waals surface area contributed by atoms with Crippen LogP contribution in [0.3, 0.4) is 0 Å². The van der Waals surface area contributed by atoms with Gasteiger partial charge in [0.1, 0.15) is 6.54 Å². The van der Waals surface area contributed by atoms with Gasteiger partial charge in [0.25, 0.3) is 10.0 Å². The molecule has 2 amide bonds. The highest BCUT2D eigenvalue weighted by atomic mass is 35.5. The number of hydrogen-bond acceptors (Lipinski definition) is 4. The second-order valence-corrected chi connectivity index (χ2v) is 8.29. The zero-order valence-electron chi connectivity index (χ0n) is 13.8. The monoisotopic (exact) mass is 392 g/mol. The summed E-state index contributed by atoms with van der Waals surface area (Å²) in [5.41, 5.74) is 0.894. The second-order valence-electron chi connectivity index (χ2n) is 5.99. The molecule has 8 heteroatoms. The van der Waals surface area contributed by atoms with Gasteiger partial charge in [0.15, 0.2) is 0 Å². The first-order valence-electron chi connectivity index (χ1n) is 8.00. The Hall–Kier alpha value is -2.38. The van der Waals surface area contributed by atoms with E-state index in [4.69, 9.17) is 11.6 Å². The van der Waals surface area contributed by atoms with Gasteiger partial charge in [-0.3, -0.25) is 9.59 Å². The topological polar surface area (TPSA) is 83.6 Å². The Kier molecular flexibility index (Phi) is 5.29. The van der Waals surface area contributed by atoms with Crippen LogP contribution in [-0.2, 0) is 26.0 Å². The normalized spacial score (nSPS) is 18.3. The highest BCUT2D eigenvalue weighted by Crippen LogP contribution is 2.22. The standard InChI is InChI=1S/C18H17ClN2O4S/c19-15-6-8-16(9-7-15)26(24,25)21-12-17(22)20-11-14(18(21)23)10-13-4-2-1-3-5-13/h1-9,14H,10-12H2,(H,20,22). The quantitative estimate of drug-likeness (QED) is 0.860. The van der Waals surface area contributed by atoms with E-state index in [1.54, 1.807) is 0 Å². The Morgan fingerprint density at radius 1 is 1.04 bits per heavy atom. The minimum Gasteiger partial charge on any atom is -0.354 e. The molecule has 1 N–H and O–H groups in total. The number of sulfonamides is 1. The smallest absolute Gasteiger partial charge is 0.266 e. The number of rotatable bonds is 4. The lowest BCUT2D eigenvalue weighted by Gasteiger charge is -2.23. The summed E-state index contributed by atoms with van der Waals surface area (Å²) in [6, 6.07) is 14.8. The van der Waals surface area contributed by atoms with E-state index >= 15 is 0 Å². The molecule has 1 unspecified atom stereocenters. The summed E-state index contributed by atoms with van der Waals surface area (Å²) in [4.78, 5) is 24.8. The Bertz CT molecular complexity index is 914. The first-order chi connectivity index (χ1) is 12.4. The van der Waals surface area contributed by atoms with Crippen LogP contribution in [0.5, 0.6) is 0 Å². The van der Waals surface area contributed by atoms with Gasteiger partial charge < -0.3 is 5.32 Å². The summed E-state index contributed by atoms with van der Waals surface area (Å²) in [6.45, 7) is -0.436. The number of nitrogens with one attached hydrogen (secondary N) is 1. The maximum absolute atomic E-state index is 12.9. The number of amides is 2. The van der Waals surface area contributed by atoms with E-state index < -0.39 is 34.3 Å². The lowest BCUT2D eigenvalue weighted by molar-refractivity contribution is -0.131. The van der Waals surface area contributed by atoms with Crippen molar-refractivity contribution in [2.24, 2.45) is 5.92 Å². The van der Waals surface area contributed by atoms with Crippen LogP contribution in [0.1, 0.15) is 5.56 Å². The number of benzene rings is 2. The summed E-state index contributed by atoms with van der Waals surface area (Å²) in [6.07, 6.45) is 0.340. The van der Waals surface area contributed by atoms with Crippen molar-refractivity contribution in [3.05, 3.63) is 65.2 Å². The molecule has 1 aliphatic heterocycles. The van der Waals surface area contributed by atoms with Gasteiger partial charge in [-0.15, -0.1) is 0 Å². The third-order valence-corrected chi connectivity index (χ3v) is 6.16. The van der Waals surface area contributed by atoms with E-state index in [0.29, 0.717) is 15.7 Å². The van der Waals surface area contributed by atoms with Gasteiger partial charge in [0, 0.05) is 11.6 Å². The molecule has 136 valence electrons. The molecular formula is C18H17ClN2O4S. The first kappa shape index (κ1) is 18.4. The zero-order valence-corrected chi connectivity index (χ0v) is 15.3. The summed E-state index contributed by atoms with van der Waals surface area (Å²) >= 11 is 5.80. The van der Waals surface area contributed by atoms with E-state index in [0.717, 1.165) is 5.56 Å². The molecule has 2 aromatic rings. The highest BCUT2D eigenvalue weighted by Gasteiger charge is 2.37. The molecular weight excluding hydrogens is 376 g/mol. The molecule has 1 fully saturated rings. The molecule has 1 aliphatic rings. The van der Waals surface area contributed by atoms with Crippen molar-refractivity contribution in [2.45, 2.75) is 11.3 Å². The molecule has 3 rings (SSSR count). The highest BCUT2D eigenvalue weighted by molar-refractivity contribution is 7.89. The van der Waals surface area contributed by atoms with Crippen molar-refractivity contribution in [1.29, 1.82) is 0 Å². The van der Waals surface area contributed by atoms with Crippen molar-refractivity contribution < 1.29 is 18.0 Å². The second kappa shape index (κ2) is 7.47. The van der Waals surface area contributed by atoms with Crippen molar-refractivity contribution in [2.75, 3.05) is 13.1 Å². The first-order valence-corrected chi connectivity index (χ1v) is 9.82. The van der Waals surface area contributed by atoms with Gasteiger partial charge in [-0.1, -0.05) is 41.9 Å². The number of carbonyl (C=O) groups excluding carboxylic acids is 2. The number of hydrogen-bond donors (Lipinski definition) is 1. The van der Waals surface area contributed by atoms with Gasteiger partial charge in [0.2, 0.25) is 11.8 Å². The van der Waals surface area contributed by atoms with Crippen LogP contribution in [0.25, 0.3) is 0 Å². The minimum absolute atomic E-state index is 0.0802. The average molecular weight is 393 g/mol. The molecule has 26 heavy (non-hydrogen) atoms. The summed E-state index contributed by atoms with van der Waals surface area (Å²) < 4.78 is 26.4. The van der Waals surface area contributed by atoms with Crippen LogP contribution in [0.4, 0.5) is 0 Å². The SMILES string of the molecule is O=C1CN(S(=O)(=O)c2ccc(Cl)cc2)C(=O)C(Cc2ccccc2)CN1. The number of halogens is 1. The van der Waals surface area contributed by atoms with Crippen LogP contribution in [0, 0.1) is 5.92 Å². The maximum atomic E-state index is 12.9. The Labute approximate surface area is 156 Å². The maximum Gasteiger partial charge on any atom is 0.266 e. The Balaban J connectivity index is 1.92. The van der Waals surface area contributed by atoms with E-state index in [1.165, 1.54) is 24.3 Å². The van der Waals surface area contributed by atoms with Gasteiger partial charge >= 0.3 is 0 Å². The van der Waals surface area contributed by atoms with Gasteiger partial charge in [-0.05, 0) is 36.2 Å². The molecule has 1 saturated heterocycles.